The normalized spacial score (nSPS) is 17.1. The summed E-state index contributed by atoms with van der Waals surface area (Å²) in [6.45, 7) is 1.19. The maximum absolute atomic E-state index is 10.1. The Balaban J connectivity index is 2.07. The summed E-state index contributed by atoms with van der Waals surface area (Å²) in [4.78, 5) is 2.13. The Hall–Kier alpha value is -2.20. The number of para-hydroxylation sites is 2. The third-order valence-electron chi connectivity index (χ3n) is 3.87. The van der Waals surface area contributed by atoms with Crippen molar-refractivity contribution in [1.29, 1.82) is 0 Å². The molecule has 3 N–H and O–H groups in total. The van der Waals surface area contributed by atoms with E-state index in [4.69, 9.17) is 10.5 Å². The number of fused-ring (bicyclic) bond motifs is 1. The van der Waals surface area contributed by atoms with Crippen LogP contribution < -0.4 is 15.4 Å². The number of nitrogens with two attached hydrogens (primary N) is 1. The first kappa shape index (κ1) is 12.8. The molecule has 20 heavy (non-hydrogen) atoms. The van der Waals surface area contributed by atoms with Crippen LogP contribution in [0.2, 0.25) is 0 Å². The van der Waals surface area contributed by atoms with Crippen LogP contribution in [0, 0.1) is 0 Å². The number of hydrogen-bond acceptors (Lipinski definition) is 4. The number of methoxy groups -OCH3 is 1. The quantitative estimate of drug-likeness (QED) is 0.899. The van der Waals surface area contributed by atoms with Crippen LogP contribution in [0.25, 0.3) is 0 Å². The standard InChI is InChI=1S/C16H18N2O2/c1-20-16-8-4-5-11-12(16)10-18(14(11)9-17)13-6-2-3-7-15(13)19/h2-8,14,19H,9-10,17H2,1H3. The molecule has 2 aromatic carbocycles. The van der Waals surface area contributed by atoms with Crippen molar-refractivity contribution in [1.82, 2.24) is 0 Å². The molecule has 1 atom stereocenters. The highest BCUT2D eigenvalue weighted by Gasteiger charge is 2.32. The van der Waals surface area contributed by atoms with E-state index in [1.54, 1.807) is 13.2 Å². The summed E-state index contributed by atoms with van der Waals surface area (Å²) in [5, 5.41) is 10.1. The zero-order valence-corrected chi connectivity index (χ0v) is 11.4. The topological polar surface area (TPSA) is 58.7 Å². The molecule has 1 heterocycles. The Bertz CT molecular complexity index is 628. The Kier molecular flexibility index (Phi) is 3.24. The number of phenols is 1. The van der Waals surface area contributed by atoms with Gasteiger partial charge in [-0.25, -0.2) is 0 Å². The minimum atomic E-state index is 0.0633. The van der Waals surface area contributed by atoms with Gasteiger partial charge in [-0.05, 0) is 23.8 Å². The molecule has 0 radical (unpaired) electrons. The molecule has 1 unspecified atom stereocenters. The number of benzene rings is 2. The summed E-state index contributed by atoms with van der Waals surface area (Å²) < 4.78 is 5.43. The minimum absolute atomic E-state index is 0.0633. The fourth-order valence-corrected chi connectivity index (χ4v) is 2.92. The van der Waals surface area contributed by atoms with Crippen molar-refractivity contribution in [2.75, 3.05) is 18.6 Å². The van der Waals surface area contributed by atoms with Gasteiger partial charge in [0.15, 0.2) is 0 Å². The van der Waals surface area contributed by atoms with Gasteiger partial charge in [0.05, 0.1) is 18.8 Å². The van der Waals surface area contributed by atoms with Crippen LogP contribution in [0.4, 0.5) is 5.69 Å². The van der Waals surface area contributed by atoms with E-state index in [0.29, 0.717) is 13.1 Å². The van der Waals surface area contributed by atoms with Crippen LogP contribution in [-0.2, 0) is 6.54 Å². The van der Waals surface area contributed by atoms with E-state index in [1.165, 1.54) is 5.56 Å². The fourth-order valence-electron chi connectivity index (χ4n) is 2.92. The number of ether oxygens (including phenoxy) is 1. The first-order chi connectivity index (χ1) is 9.76. The predicted octanol–water partition coefficient (Wildman–Crippen LogP) is 2.42. The molecule has 1 aliphatic rings. The molecule has 0 aromatic heterocycles. The largest absolute Gasteiger partial charge is 0.506 e. The molecule has 0 aliphatic carbocycles. The number of nitrogens with zero attached hydrogens (tertiary/aromatic N) is 1. The average Bonchev–Trinajstić information content (AvgIpc) is 2.85. The van der Waals surface area contributed by atoms with Crippen molar-refractivity contribution in [2.24, 2.45) is 5.73 Å². The number of aromatic hydroxyl groups is 1. The van der Waals surface area contributed by atoms with Crippen LogP contribution in [-0.4, -0.2) is 18.8 Å². The van der Waals surface area contributed by atoms with Gasteiger partial charge in [-0.1, -0.05) is 24.3 Å². The third kappa shape index (κ3) is 1.89. The summed E-state index contributed by atoms with van der Waals surface area (Å²) in [7, 11) is 1.68. The second kappa shape index (κ2) is 5.06. The predicted molar refractivity (Wildman–Crippen MR) is 79.1 cm³/mol. The van der Waals surface area contributed by atoms with Crippen molar-refractivity contribution >= 4 is 5.69 Å². The summed E-state index contributed by atoms with van der Waals surface area (Å²) in [5.41, 5.74) is 9.08. The van der Waals surface area contributed by atoms with E-state index < -0.39 is 0 Å². The van der Waals surface area contributed by atoms with Crippen LogP contribution in [0.5, 0.6) is 11.5 Å². The highest BCUT2D eigenvalue weighted by atomic mass is 16.5. The number of rotatable bonds is 3. The van der Waals surface area contributed by atoms with Crippen molar-refractivity contribution < 1.29 is 9.84 Å². The molecule has 2 aromatic rings. The summed E-state index contributed by atoms with van der Waals surface area (Å²) in [6, 6.07) is 13.4. The van der Waals surface area contributed by atoms with Crippen LogP contribution in [0.15, 0.2) is 42.5 Å². The van der Waals surface area contributed by atoms with Gasteiger partial charge in [-0.15, -0.1) is 0 Å². The Morgan fingerprint density at radius 2 is 2.05 bits per heavy atom. The Labute approximate surface area is 118 Å². The van der Waals surface area contributed by atoms with E-state index in [9.17, 15) is 5.11 Å². The molecule has 4 heteroatoms. The van der Waals surface area contributed by atoms with Crippen LogP contribution in [0.1, 0.15) is 17.2 Å². The second-order valence-corrected chi connectivity index (χ2v) is 4.90. The highest BCUT2D eigenvalue weighted by Crippen LogP contribution is 2.43. The molecule has 1 aliphatic heterocycles. The fraction of sp³-hybridized carbons (Fsp3) is 0.250. The molecule has 0 amide bonds. The van der Waals surface area contributed by atoms with Gasteiger partial charge in [0.1, 0.15) is 11.5 Å². The van der Waals surface area contributed by atoms with Crippen molar-refractivity contribution in [2.45, 2.75) is 12.6 Å². The number of anilines is 1. The first-order valence-corrected chi connectivity index (χ1v) is 6.66. The summed E-state index contributed by atoms with van der Waals surface area (Å²) >= 11 is 0. The third-order valence-corrected chi connectivity index (χ3v) is 3.87. The van der Waals surface area contributed by atoms with Gasteiger partial charge in [0.2, 0.25) is 0 Å². The number of hydrogen-bond donors (Lipinski definition) is 2. The Morgan fingerprint density at radius 1 is 1.25 bits per heavy atom. The molecule has 104 valence electrons. The maximum Gasteiger partial charge on any atom is 0.138 e. The van der Waals surface area contributed by atoms with E-state index in [2.05, 4.69) is 11.0 Å². The molecule has 0 fully saturated rings. The molecule has 0 spiro atoms. The Morgan fingerprint density at radius 3 is 2.75 bits per heavy atom. The van der Waals surface area contributed by atoms with Gasteiger partial charge >= 0.3 is 0 Å². The first-order valence-electron chi connectivity index (χ1n) is 6.66. The monoisotopic (exact) mass is 270 g/mol. The molecule has 3 rings (SSSR count). The van der Waals surface area contributed by atoms with E-state index in [-0.39, 0.29) is 11.8 Å². The maximum atomic E-state index is 10.1. The lowest BCUT2D eigenvalue weighted by Gasteiger charge is -2.26. The second-order valence-electron chi connectivity index (χ2n) is 4.90. The SMILES string of the molecule is COc1cccc2c1CN(c1ccccc1O)C2CN. The highest BCUT2D eigenvalue weighted by molar-refractivity contribution is 5.63. The zero-order chi connectivity index (χ0) is 14.1. The van der Waals surface area contributed by atoms with E-state index >= 15 is 0 Å². The van der Waals surface area contributed by atoms with Gasteiger partial charge in [-0.2, -0.15) is 0 Å². The van der Waals surface area contributed by atoms with Gasteiger partial charge in [0.25, 0.3) is 0 Å². The molecule has 0 bridgehead atoms. The lowest BCUT2D eigenvalue weighted by atomic mass is 10.0. The minimum Gasteiger partial charge on any atom is -0.506 e. The number of phenolic OH excluding ortho intramolecular Hbond substituents is 1. The van der Waals surface area contributed by atoms with Gasteiger partial charge < -0.3 is 20.5 Å². The molecular weight excluding hydrogens is 252 g/mol. The van der Waals surface area contributed by atoms with E-state index in [0.717, 1.165) is 17.0 Å². The molecule has 4 nitrogen and oxygen atoms in total. The zero-order valence-electron chi connectivity index (χ0n) is 11.4. The summed E-state index contributed by atoms with van der Waals surface area (Å²) in [6.07, 6.45) is 0. The van der Waals surface area contributed by atoms with Crippen LogP contribution >= 0.6 is 0 Å². The lowest BCUT2D eigenvalue weighted by molar-refractivity contribution is 0.410. The lowest BCUT2D eigenvalue weighted by Crippen LogP contribution is -2.27. The van der Waals surface area contributed by atoms with E-state index in [1.807, 2.05) is 30.3 Å². The van der Waals surface area contributed by atoms with Gasteiger partial charge in [-0.3, -0.25) is 0 Å². The summed E-state index contributed by atoms with van der Waals surface area (Å²) in [5.74, 6) is 1.15. The average molecular weight is 270 g/mol. The molecular formula is C16H18N2O2. The smallest absolute Gasteiger partial charge is 0.138 e. The van der Waals surface area contributed by atoms with Crippen molar-refractivity contribution in [3.05, 3.63) is 53.6 Å². The van der Waals surface area contributed by atoms with Gasteiger partial charge in [0, 0.05) is 18.7 Å². The van der Waals surface area contributed by atoms with Crippen LogP contribution in [0.3, 0.4) is 0 Å². The molecule has 0 saturated carbocycles. The van der Waals surface area contributed by atoms with Crippen molar-refractivity contribution in [3.8, 4) is 11.5 Å². The van der Waals surface area contributed by atoms with Crippen molar-refractivity contribution in [3.63, 3.8) is 0 Å². The molecule has 0 saturated heterocycles.